The molecule has 1 N–H and O–H groups in total. The molecule has 6 nitrogen and oxygen atoms in total. The predicted octanol–water partition coefficient (Wildman–Crippen LogP) is 5.84. The number of amides is 1. The van der Waals surface area contributed by atoms with E-state index in [0.29, 0.717) is 27.0 Å². The van der Waals surface area contributed by atoms with Crippen LogP contribution in [0.4, 0.5) is 0 Å². The summed E-state index contributed by atoms with van der Waals surface area (Å²) >= 11 is 7.42. The lowest BCUT2D eigenvalue weighted by molar-refractivity contribution is -0.119. The minimum Gasteiger partial charge on any atom is -0.422 e. The summed E-state index contributed by atoms with van der Waals surface area (Å²) in [7, 11) is 0. The lowest BCUT2D eigenvalue weighted by atomic mass is 9.95. The highest BCUT2D eigenvalue weighted by molar-refractivity contribution is 7.99. The molecule has 0 bridgehead atoms. The molecule has 0 saturated heterocycles. The van der Waals surface area contributed by atoms with E-state index in [9.17, 15) is 9.59 Å². The fourth-order valence-electron chi connectivity index (χ4n) is 4.27. The summed E-state index contributed by atoms with van der Waals surface area (Å²) in [5, 5.41) is 5.20. The summed E-state index contributed by atoms with van der Waals surface area (Å²) in [6.07, 6.45) is 7.44. The van der Waals surface area contributed by atoms with E-state index in [1.807, 2.05) is 34.9 Å². The van der Waals surface area contributed by atoms with Crippen molar-refractivity contribution in [3.63, 3.8) is 0 Å². The second kappa shape index (κ2) is 10.1. The SMILES string of the molecule is O=C(CSc1nc(-c2cc3ccccc3oc2=O)cn1-c1ccc(Cl)cc1)NC1CCCCC1. The lowest BCUT2D eigenvalue weighted by Crippen LogP contribution is -2.37. The molecule has 5 rings (SSSR count). The fourth-order valence-corrected chi connectivity index (χ4v) is 5.20. The van der Waals surface area contributed by atoms with Gasteiger partial charge in [-0.25, -0.2) is 9.78 Å². The summed E-state index contributed by atoms with van der Waals surface area (Å²) in [6, 6.07) is 16.8. The molecular formula is C26H24ClN3O3S. The molecule has 4 aromatic rings. The van der Waals surface area contributed by atoms with Crippen LogP contribution in [0.15, 0.2) is 75.2 Å². The number of hydrogen-bond acceptors (Lipinski definition) is 5. The number of imidazole rings is 1. The van der Waals surface area contributed by atoms with E-state index >= 15 is 0 Å². The Labute approximate surface area is 206 Å². The Balaban J connectivity index is 1.45. The molecular weight excluding hydrogens is 470 g/mol. The van der Waals surface area contributed by atoms with Crippen LogP contribution in [0.5, 0.6) is 0 Å². The summed E-state index contributed by atoms with van der Waals surface area (Å²) in [4.78, 5) is 30.0. The third kappa shape index (κ3) is 5.05. The van der Waals surface area contributed by atoms with Crippen molar-refractivity contribution in [2.45, 2.75) is 43.3 Å². The molecule has 0 radical (unpaired) electrons. The highest BCUT2D eigenvalue weighted by Crippen LogP contribution is 2.28. The van der Waals surface area contributed by atoms with Crippen molar-refractivity contribution in [1.29, 1.82) is 0 Å². The molecule has 1 aliphatic carbocycles. The molecule has 2 aromatic carbocycles. The van der Waals surface area contributed by atoms with E-state index in [1.54, 1.807) is 30.5 Å². The summed E-state index contributed by atoms with van der Waals surface area (Å²) in [6.45, 7) is 0. The smallest absolute Gasteiger partial charge is 0.345 e. The van der Waals surface area contributed by atoms with E-state index in [4.69, 9.17) is 21.0 Å². The van der Waals surface area contributed by atoms with E-state index in [-0.39, 0.29) is 17.7 Å². The third-order valence-corrected chi connectivity index (χ3v) is 7.20. The van der Waals surface area contributed by atoms with Gasteiger partial charge in [0.05, 0.1) is 17.0 Å². The molecule has 1 amide bonds. The van der Waals surface area contributed by atoms with Crippen LogP contribution in [0.25, 0.3) is 27.9 Å². The molecule has 8 heteroatoms. The number of aromatic nitrogens is 2. The Bertz CT molecular complexity index is 1370. The average molecular weight is 494 g/mol. The third-order valence-electron chi connectivity index (χ3n) is 6.00. The molecule has 2 heterocycles. The van der Waals surface area contributed by atoms with Gasteiger partial charge in [0, 0.05) is 28.3 Å². The Morgan fingerprint density at radius 1 is 1.12 bits per heavy atom. The molecule has 0 unspecified atom stereocenters. The number of carbonyl (C=O) groups excluding carboxylic acids is 1. The number of carbonyl (C=O) groups is 1. The summed E-state index contributed by atoms with van der Waals surface area (Å²) in [5.74, 6) is 0.238. The van der Waals surface area contributed by atoms with Gasteiger partial charge in [-0.1, -0.05) is 60.8 Å². The average Bonchev–Trinajstić information content (AvgIpc) is 3.27. The fraction of sp³-hybridized carbons (Fsp3) is 0.269. The second-order valence-electron chi connectivity index (χ2n) is 8.43. The Morgan fingerprint density at radius 2 is 1.88 bits per heavy atom. The molecule has 0 atom stereocenters. The highest BCUT2D eigenvalue weighted by Gasteiger charge is 2.19. The van der Waals surface area contributed by atoms with Gasteiger partial charge in [-0.05, 0) is 49.2 Å². The first kappa shape index (κ1) is 22.7. The van der Waals surface area contributed by atoms with Gasteiger partial charge in [-0.15, -0.1) is 0 Å². The molecule has 1 fully saturated rings. The zero-order valence-corrected chi connectivity index (χ0v) is 20.1. The van der Waals surface area contributed by atoms with E-state index in [1.165, 1.54) is 18.2 Å². The lowest BCUT2D eigenvalue weighted by Gasteiger charge is -2.22. The van der Waals surface area contributed by atoms with E-state index < -0.39 is 5.63 Å². The molecule has 34 heavy (non-hydrogen) atoms. The number of para-hydroxylation sites is 1. The zero-order valence-electron chi connectivity index (χ0n) is 18.5. The first-order chi connectivity index (χ1) is 16.6. The van der Waals surface area contributed by atoms with E-state index in [0.717, 1.165) is 36.8 Å². The predicted molar refractivity (Wildman–Crippen MR) is 136 cm³/mol. The molecule has 0 aliphatic heterocycles. The van der Waals surface area contributed by atoms with Gasteiger partial charge in [0.1, 0.15) is 5.58 Å². The number of nitrogens with one attached hydrogen (secondary N) is 1. The monoisotopic (exact) mass is 493 g/mol. The van der Waals surface area contributed by atoms with Crippen LogP contribution in [0.2, 0.25) is 5.02 Å². The van der Waals surface area contributed by atoms with Crippen molar-refractivity contribution in [1.82, 2.24) is 14.9 Å². The Morgan fingerprint density at radius 3 is 2.68 bits per heavy atom. The number of benzene rings is 2. The van der Waals surface area contributed by atoms with Gasteiger partial charge in [0.2, 0.25) is 5.91 Å². The molecule has 0 spiro atoms. The van der Waals surface area contributed by atoms with E-state index in [2.05, 4.69) is 5.32 Å². The quantitative estimate of drug-likeness (QED) is 0.269. The normalized spacial score (nSPS) is 14.4. The van der Waals surface area contributed by atoms with Crippen LogP contribution in [0.3, 0.4) is 0 Å². The number of hydrogen-bond donors (Lipinski definition) is 1. The zero-order chi connectivity index (χ0) is 23.5. The van der Waals surface area contributed by atoms with Gasteiger partial charge in [-0.2, -0.15) is 0 Å². The molecule has 1 saturated carbocycles. The summed E-state index contributed by atoms with van der Waals surface area (Å²) in [5.41, 5.74) is 1.78. The van der Waals surface area contributed by atoms with Crippen LogP contribution in [0, 0.1) is 0 Å². The largest absolute Gasteiger partial charge is 0.422 e. The van der Waals surface area contributed by atoms with Gasteiger partial charge in [0.15, 0.2) is 5.16 Å². The van der Waals surface area contributed by atoms with Crippen molar-refractivity contribution in [2.24, 2.45) is 0 Å². The van der Waals surface area contributed by atoms with Crippen LogP contribution in [0.1, 0.15) is 32.1 Å². The van der Waals surface area contributed by atoms with Crippen molar-refractivity contribution in [3.8, 4) is 16.9 Å². The highest BCUT2D eigenvalue weighted by atomic mass is 35.5. The minimum absolute atomic E-state index is 0.00525. The standard InChI is InChI=1S/C26H24ClN3O3S/c27-18-10-12-20(13-11-18)30-15-22(21-14-17-6-4-5-9-23(17)33-25(21)32)29-26(30)34-16-24(31)28-19-7-2-1-3-8-19/h4-6,9-15,19H,1-3,7-8,16H2,(H,28,31). The topological polar surface area (TPSA) is 77.1 Å². The van der Waals surface area contributed by atoms with Gasteiger partial charge >= 0.3 is 5.63 Å². The minimum atomic E-state index is -0.453. The number of rotatable bonds is 6. The number of fused-ring (bicyclic) bond motifs is 1. The van der Waals surface area contributed by atoms with Crippen molar-refractivity contribution >= 4 is 40.2 Å². The van der Waals surface area contributed by atoms with Crippen molar-refractivity contribution in [2.75, 3.05) is 5.75 Å². The van der Waals surface area contributed by atoms with Gasteiger partial charge < -0.3 is 9.73 Å². The summed E-state index contributed by atoms with van der Waals surface area (Å²) < 4.78 is 7.38. The Hall–Kier alpha value is -3.03. The number of thioether (sulfide) groups is 1. The second-order valence-corrected chi connectivity index (χ2v) is 9.81. The maximum Gasteiger partial charge on any atom is 0.345 e. The Kier molecular flexibility index (Phi) is 6.74. The van der Waals surface area contributed by atoms with Gasteiger partial charge in [0.25, 0.3) is 0 Å². The first-order valence-corrected chi connectivity index (χ1v) is 12.7. The molecule has 174 valence electrons. The van der Waals surface area contributed by atoms with Crippen LogP contribution >= 0.6 is 23.4 Å². The number of halogens is 1. The van der Waals surface area contributed by atoms with Crippen LogP contribution < -0.4 is 10.9 Å². The van der Waals surface area contributed by atoms with Gasteiger partial charge in [-0.3, -0.25) is 9.36 Å². The maximum atomic E-state index is 12.7. The van der Waals surface area contributed by atoms with Crippen molar-refractivity contribution in [3.05, 3.63) is 76.2 Å². The van der Waals surface area contributed by atoms with Crippen LogP contribution in [-0.2, 0) is 4.79 Å². The molecule has 2 aromatic heterocycles. The maximum absolute atomic E-state index is 12.7. The number of nitrogens with zero attached hydrogens (tertiary/aromatic N) is 2. The van der Waals surface area contributed by atoms with Crippen LogP contribution in [-0.4, -0.2) is 27.3 Å². The van der Waals surface area contributed by atoms with Crippen molar-refractivity contribution < 1.29 is 9.21 Å². The first-order valence-electron chi connectivity index (χ1n) is 11.4. The molecule has 1 aliphatic rings.